The second-order valence-electron chi connectivity index (χ2n) is 7.38. The minimum absolute atomic E-state index is 0.0608. The number of hydrogen-bond donors (Lipinski definition) is 2. The Morgan fingerprint density at radius 3 is 2.71 bits per heavy atom. The zero-order chi connectivity index (χ0) is 16.9. The van der Waals surface area contributed by atoms with E-state index in [-0.39, 0.29) is 28.8 Å². The average Bonchev–Trinajstić information content (AvgIpc) is 3.32. The van der Waals surface area contributed by atoms with E-state index in [1.54, 1.807) is 31.4 Å². The second kappa shape index (κ2) is 5.24. The number of aliphatic hydroxyl groups excluding tert-OH is 1. The summed E-state index contributed by atoms with van der Waals surface area (Å²) in [6.07, 6.45) is 4.57. The van der Waals surface area contributed by atoms with E-state index in [1.807, 2.05) is 0 Å². The minimum Gasteiger partial charge on any atom is -0.509 e. The van der Waals surface area contributed by atoms with Gasteiger partial charge in [-0.05, 0) is 43.5 Å². The van der Waals surface area contributed by atoms with Crippen LogP contribution in [0.25, 0.3) is 0 Å². The lowest BCUT2D eigenvalue weighted by molar-refractivity contribution is -0.113. The highest BCUT2D eigenvalue weighted by Gasteiger charge is 2.71. The lowest BCUT2D eigenvalue weighted by Crippen LogP contribution is -2.45. The van der Waals surface area contributed by atoms with Gasteiger partial charge in [-0.3, -0.25) is 4.79 Å². The molecule has 4 rings (SSSR count). The van der Waals surface area contributed by atoms with Gasteiger partial charge >= 0.3 is 0 Å². The highest BCUT2D eigenvalue weighted by molar-refractivity contribution is 6.04. The average molecular weight is 329 g/mol. The number of hydrogen-bond acceptors (Lipinski definition) is 4. The number of aliphatic hydroxyl groups is 1. The zero-order valence-corrected chi connectivity index (χ0v) is 14.1. The molecule has 1 spiro atoms. The van der Waals surface area contributed by atoms with Gasteiger partial charge in [0, 0.05) is 11.1 Å². The summed E-state index contributed by atoms with van der Waals surface area (Å²) in [6, 6.07) is 7.17. The number of anilines is 1. The molecule has 5 nitrogen and oxygen atoms in total. The molecule has 1 saturated carbocycles. The second-order valence-corrected chi connectivity index (χ2v) is 7.38. The number of benzene rings is 1. The molecule has 1 aromatic carbocycles. The van der Waals surface area contributed by atoms with Gasteiger partial charge < -0.3 is 19.9 Å². The third-order valence-electron chi connectivity index (χ3n) is 5.99. The molecule has 3 atom stereocenters. The summed E-state index contributed by atoms with van der Waals surface area (Å²) in [7, 11) is 1.60. The van der Waals surface area contributed by atoms with Crippen LogP contribution < -0.4 is 10.1 Å². The molecule has 1 amide bonds. The predicted molar refractivity (Wildman–Crippen MR) is 90.1 cm³/mol. The topological polar surface area (TPSA) is 71.1 Å². The molecule has 0 bridgehead atoms. The highest BCUT2D eigenvalue weighted by atomic mass is 16.6. The standard InChI is InChI=1S/C19H23NO4/c1-18-9-3-4-10-19(18)16(24-19)15(21)14(11-18)17(22)20-12-5-7-13(23-2)8-6-12/h5-8,16,21H,3-4,9-11H2,1-2H3,(H,20,22)/t16-,18+,19-/m1/s1. The molecule has 1 heterocycles. The van der Waals surface area contributed by atoms with Crippen molar-refractivity contribution >= 4 is 11.6 Å². The van der Waals surface area contributed by atoms with E-state index in [1.165, 1.54) is 0 Å². The van der Waals surface area contributed by atoms with Gasteiger partial charge in [0.1, 0.15) is 23.2 Å². The van der Waals surface area contributed by atoms with E-state index in [0.29, 0.717) is 17.7 Å². The molecular formula is C19H23NO4. The van der Waals surface area contributed by atoms with E-state index in [0.717, 1.165) is 31.4 Å². The first-order chi connectivity index (χ1) is 11.5. The fourth-order valence-corrected chi connectivity index (χ4v) is 4.47. The van der Waals surface area contributed by atoms with Crippen molar-refractivity contribution in [2.45, 2.75) is 50.7 Å². The van der Waals surface area contributed by atoms with E-state index >= 15 is 0 Å². The van der Waals surface area contributed by atoms with Gasteiger partial charge in [0.05, 0.1) is 12.7 Å². The minimum atomic E-state index is -0.298. The molecule has 24 heavy (non-hydrogen) atoms. The van der Waals surface area contributed by atoms with Gasteiger partial charge in [-0.1, -0.05) is 19.8 Å². The Morgan fingerprint density at radius 1 is 1.29 bits per heavy atom. The maximum absolute atomic E-state index is 12.7. The van der Waals surface area contributed by atoms with Gasteiger partial charge in [0.2, 0.25) is 0 Å². The molecule has 2 fully saturated rings. The van der Waals surface area contributed by atoms with Crippen LogP contribution in [0, 0.1) is 5.41 Å². The summed E-state index contributed by atoms with van der Waals surface area (Å²) in [4.78, 5) is 12.7. The van der Waals surface area contributed by atoms with E-state index in [9.17, 15) is 9.90 Å². The first kappa shape index (κ1) is 15.5. The van der Waals surface area contributed by atoms with E-state index < -0.39 is 0 Å². The fourth-order valence-electron chi connectivity index (χ4n) is 4.47. The van der Waals surface area contributed by atoms with Crippen molar-refractivity contribution in [3.05, 3.63) is 35.6 Å². The molecular weight excluding hydrogens is 306 g/mol. The SMILES string of the molecule is COc1ccc(NC(=O)C2=C(O)[C@H]3O[C@]34CCCC[C@@]4(C)C2)cc1. The number of carbonyl (C=O) groups excluding carboxylic acids is 1. The monoisotopic (exact) mass is 329 g/mol. The Balaban J connectivity index is 1.57. The van der Waals surface area contributed by atoms with E-state index in [4.69, 9.17) is 9.47 Å². The molecule has 128 valence electrons. The summed E-state index contributed by atoms with van der Waals surface area (Å²) in [5, 5.41) is 13.4. The van der Waals surface area contributed by atoms with Gasteiger partial charge in [-0.2, -0.15) is 0 Å². The lowest BCUT2D eigenvalue weighted by atomic mass is 9.60. The first-order valence-electron chi connectivity index (χ1n) is 8.54. The quantitative estimate of drug-likeness (QED) is 0.832. The molecule has 3 aliphatic rings. The summed E-state index contributed by atoms with van der Waals surface area (Å²) in [5.74, 6) is 0.618. The molecule has 2 N–H and O–H groups in total. The van der Waals surface area contributed by atoms with E-state index in [2.05, 4.69) is 12.2 Å². The van der Waals surface area contributed by atoms with Crippen LogP contribution in [-0.4, -0.2) is 29.8 Å². The van der Waals surface area contributed by atoms with Crippen molar-refractivity contribution in [3.63, 3.8) is 0 Å². The third-order valence-corrected chi connectivity index (χ3v) is 5.99. The number of epoxide rings is 1. The van der Waals surface area contributed by atoms with Gasteiger partial charge in [0.15, 0.2) is 0 Å². The Bertz CT molecular complexity index is 711. The van der Waals surface area contributed by atoms with Crippen LogP contribution in [0.3, 0.4) is 0 Å². The van der Waals surface area contributed by atoms with Gasteiger partial charge in [0.25, 0.3) is 5.91 Å². The Hall–Kier alpha value is -2.01. The number of nitrogens with one attached hydrogen (secondary N) is 1. The molecule has 1 aromatic rings. The Morgan fingerprint density at radius 2 is 2.00 bits per heavy atom. The van der Waals surface area contributed by atoms with Crippen LogP contribution in [0.5, 0.6) is 5.75 Å². The summed E-state index contributed by atoms with van der Waals surface area (Å²) >= 11 is 0. The van der Waals surface area contributed by atoms with Crippen LogP contribution in [0.4, 0.5) is 5.69 Å². The number of ether oxygens (including phenoxy) is 2. The van der Waals surface area contributed by atoms with Gasteiger partial charge in [-0.25, -0.2) is 0 Å². The van der Waals surface area contributed by atoms with Crippen molar-refractivity contribution < 1.29 is 19.4 Å². The molecule has 0 aromatic heterocycles. The Kier molecular flexibility index (Phi) is 3.39. The zero-order valence-electron chi connectivity index (χ0n) is 14.1. The molecule has 5 heteroatoms. The normalized spacial score (nSPS) is 34.2. The predicted octanol–water partition coefficient (Wildman–Crippen LogP) is 3.57. The van der Waals surface area contributed by atoms with Gasteiger partial charge in [-0.15, -0.1) is 0 Å². The van der Waals surface area contributed by atoms with Crippen LogP contribution >= 0.6 is 0 Å². The summed E-state index contributed by atoms with van der Waals surface area (Å²) < 4.78 is 11.1. The molecule has 0 radical (unpaired) electrons. The van der Waals surface area contributed by atoms with Crippen LogP contribution in [0.15, 0.2) is 35.6 Å². The molecule has 2 aliphatic carbocycles. The van der Waals surface area contributed by atoms with Crippen molar-refractivity contribution in [2.24, 2.45) is 5.41 Å². The third kappa shape index (κ3) is 2.14. The summed E-state index contributed by atoms with van der Waals surface area (Å²) in [5.41, 5.74) is 0.852. The highest BCUT2D eigenvalue weighted by Crippen LogP contribution is 2.65. The smallest absolute Gasteiger partial charge is 0.255 e. The maximum Gasteiger partial charge on any atom is 0.255 e. The number of methoxy groups -OCH3 is 1. The lowest BCUT2D eigenvalue weighted by Gasteiger charge is -2.42. The van der Waals surface area contributed by atoms with Crippen molar-refractivity contribution in [3.8, 4) is 5.75 Å². The number of carbonyl (C=O) groups is 1. The maximum atomic E-state index is 12.7. The largest absolute Gasteiger partial charge is 0.509 e. The molecule has 1 aliphatic heterocycles. The van der Waals surface area contributed by atoms with Crippen molar-refractivity contribution in [2.75, 3.05) is 12.4 Å². The van der Waals surface area contributed by atoms with Crippen LogP contribution in [0.1, 0.15) is 39.0 Å². The molecule has 1 saturated heterocycles. The number of rotatable bonds is 3. The van der Waals surface area contributed by atoms with Crippen LogP contribution in [-0.2, 0) is 9.53 Å². The van der Waals surface area contributed by atoms with Crippen LogP contribution in [0.2, 0.25) is 0 Å². The molecule has 0 unspecified atom stereocenters. The first-order valence-corrected chi connectivity index (χ1v) is 8.54. The van der Waals surface area contributed by atoms with Crippen molar-refractivity contribution in [1.82, 2.24) is 0 Å². The number of amides is 1. The Labute approximate surface area is 141 Å². The van der Waals surface area contributed by atoms with Crippen molar-refractivity contribution in [1.29, 1.82) is 0 Å². The summed E-state index contributed by atoms with van der Waals surface area (Å²) in [6.45, 7) is 2.19. The fraction of sp³-hybridized carbons (Fsp3) is 0.526.